The summed E-state index contributed by atoms with van der Waals surface area (Å²) in [6.45, 7) is 11.9. The number of piperazine rings is 1. The van der Waals surface area contributed by atoms with Crippen LogP contribution in [0.4, 0.5) is 14.9 Å². The molecule has 11 nitrogen and oxygen atoms in total. The van der Waals surface area contributed by atoms with Gasteiger partial charge in [0.2, 0.25) is 10.0 Å². The molecule has 0 unspecified atom stereocenters. The Morgan fingerprint density at radius 2 is 1.73 bits per heavy atom. The van der Waals surface area contributed by atoms with Crippen LogP contribution in [0.1, 0.15) is 65.4 Å². The number of halogens is 1. The highest BCUT2D eigenvalue weighted by molar-refractivity contribution is 7.88. The summed E-state index contributed by atoms with van der Waals surface area (Å²) < 4.78 is 52.6. The smallest absolute Gasteiger partial charge is 0.410 e. The Morgan fingerprint density at radius 3 is 2.37 bits per heavy atom. The van der Waals surface area contributed by atoms with Crippen molar-refractivity contribution in [2.45, 2.75) is 84.2 Å². The molecule has 0 spiro atoms. The van der Waals surface area contributed by atoms with Crippen LogP contribution in [0.2, 0.25) is 0 Å². The summed E-state index contributed by atoms with van der Waals surface area (Å²) in [5.74, 6) is -1.34. The molecule has 3 aliphatic rings. The van der Waals surface area contributed by atoms with E-state index in [9.17, 15) is 23.1 Å². The maximum atomic E-state index is 15.1. The number of ether oxygens (including phenoxy) is 2. The second-order valence-corrected chi connectivity index (χ2v) is 16.0. The zero-order valence-corrected chi connectivity index (χ0v) is 30.7. The molecule has 1 aromatic rings. The van der Waals surface area contributed by atoms with Crippen molar-refractivity contribution in [3.05, 3.63) is 47.3 Å². The van der Waals surface area contributed by atoms with Crippen molar-refractivity contribution in [2.24, 2.45) is 11.8 Å². The highest BCUT2D eigenvalue weighted by atomic mass is 32.2. The van der Waals surface area contributed by atoms with Crippen molar-refractivity contribution in [3.63, 3.8) is 0 Å². The quantitative estimate of drug-likeness (QED) is 0.323. The van der Waals surface area contributed by atoms with Crippen molar-refractivity contribution in [1.29, 1.82) is 0 Å². The maximum absolute atomic E-state index is 15.1. The number of sulfonamides is 1. The Hall–Kier alpha value is -3.00. The van der Waals surface area contributed by atoms with Crippen molar-refractivity contribution < 1.29 is 37.0 Å². The summed E-state index contributed by atoms with van der Waals surface area (Å²) >= 11 is 0. The second kappa shape index (κ2) is 17.3. The van der Waals surface area contributed by atoms with Crippen LogP contribution in [0.3, 0.4) is 0 Å². The van der Waals surface area contributed by atoms with Crippen LogP contribution in [-0.2, 0) is 24.3 Å². The Labute approximate surface area is 291 Å². The number of benzene rings is 1. The van der Waals surface area contributed by atoms with Crippen molar-refractivity contribution >= 4 is 33.8 Å². The highest BCUT2D eigenvalue weighted by Gasteiger charge is 2.31. The summed E-state index contributed by atoms with van der Waals surface area (Å²) in [5, 5.41) is 10.7. The number of piperidine rings is 1. The molecule has 1 amide bonds. The molecule has 4 rings (SSSR count). The number of likely N-dealkylation sites (N-methyl/N-ethyl adjacent to an activating group) is 1. The summed E-state index contributed by atoms with van der Waals surface area (Å²) in [6, 6.07) is 4.89. The standard InChI is InChI=1S/C36H55FN4O7S/c1-7-41(30-12-14-40(15-13-30)49(6,45)46)31-22-28(21-29(37)23-31)20-27(4)35-26(3)9-11-33(25(2)8-10-32(42)24-34(43)48-35)47-36(44)39-18-16-38(5)17-19-39/h9,11,20-23,25-26,30,32-33,35,42H,7-8,10,12-19,24H2,1-6H3/b11-9-,27-20+/t25-,26-,32+,33-,35-/m0/s1. The van der Waals surface area contributed by atoms with Crippen LogP contribution >= 0.6 is 0 Å². The molecule has 0 saturated carbocycles. The van der Waals surface area contributed by atoms with E-state index in [1.165, 1.54) is 22.7 Å². The lowest BCUT2D eigenvalue weighted by Crippen LogP contribution is -2.48. The van der Waals surface area contributed by atoms with Crippen LogP contribution in [-0.4, -0.2) is 123 Å². The minimum atomic E-state index is -3.26. The van der Waals surface area contributed by atoms with Gasteiger partial charge in [-0.1, -0.05) is 26.0 Å². The summed E-state index contributed by atoms with van der Waals surface area (Å²) in [5.41, 5.74) is 1.99. The number of anilines is 1. The van der Waals surface area contributed by atoms with Crippen molar-refractivity contribution in [3.8, 4) is 0 Å². The third kappa shape index (κ3) is 11.0. The van der Waals surface area contributed by atoms with Gasteiger partial charge in [-0.15, -0.1) is 0 Å². The minimum absolute atomic E-state index is 0.0623. The molecule has 0 radical (unpaired) electrons. The largest absolute Gasteiger partial charge is 0.457 e. The van der Waals surface area contributed by atoms with Crippen molar-refractivity contribution in [1.82, 2.24) is 14.1 Å². The first-order chi connectivity index (χ1) is 23.1. The van der Waals surface area contributed by atoms with Crippen LogP contribution in [0, 0.1) is 17.7 Å². The summed E-state index contributed by atoms with van der Waals surface area (Å²) in [4.78, 5) is 32.1. The van der Waals surface area contributed by atoms with Gasteiger partial charge < -0.3 is 29.3 Å². The van der Waals surface area contributed by atoms with Gasteiger partial charge in [-0.25, -0.2) is 21.9 Å². The Morgan fingerprint density at radius 1 is 1.06 bits per heavy atom. The topological polar surface area (TPSA) is 120 Å². The molecule has 49 heavy (non-hydrogen) atoms. The number of hydrogen-bond donors (Lipinski definition) is 1. The number of cyclic esters (lactones) is 1. The van der Waals surface area contributed by atoms with E-state index in [2.05, 4.69) is 9.80 Å². The van der Waals surface area contributed by atoms with E-state index in [0.717, 1.165) is 13.1 Å². The van der Waals surface area contributed by atoms with Crippen LogP contribution < -0.4 is 4.90 Å². The van der Waals surface area contributed by atoms with Crippen LogP contribution in [0.25, 0.3) is 6.08 Å². The summed E-state index contributed by atoms with van der Waals surface area (Å²) in [6.07, 6.45) is 6.32. The maximum Gasteiger partial charge on any atom is 0.410 e. The fourth-order valence-electron chi connectivity index (χ4n) is 6.96. The number of hydrogen-bond acceptors (Lipinski definition) is 9. The van der Waals surface area contributed by atoms with Gasteiger partial charge in [0.25, 0.3) is 0 Å². The molecule has 1 aromatic carbocycles. The average Bonchev–Trinajstić information content (AvgIpc) is 3.04. The molecule has 5 atom stereocenters. The third-order valence-electron chi connectivity index (χ3n) is 10.0. The van der Waals surface area contributed by atoms with E-state index in [4.69, 9.17) is 9.47 Å². The number of aliphatic hydroxyl groups is 1. The van der Waals surface area contributed by atoms with E-state index >= 15 is 4.39 Å². The SMILES string of the molecule is CCN(c1cc(F)cc(/C=C(\C)[C@H]2OC(=O)C[C@H](O)CC[C@H](C)[C@@H](OC(=O)N3CCN(C)CC3)/C=C\[C@@H]2C)c1)C1CCN(S(C)(=O)=O)CC1. The Bertz CT molecular complexity index is 1450. The fourth-order valence-corrected chi connectivity index (χ4v) is 7.83. The van der Waals surface area contributed by atoms with E-state index in [0.29, 0.717) is 75.2 Å². The van der Waals surface area contributed by atoms with Gasteiger partial charge in [-0.3, -0.25) is 4.79 Å². The normalized spacial score (nSPS) is 28.2. The Kier molecular flexibility index (Phi) is 13.7. The molecule has 274 valence electrons. The number of carbonyl (C=O) groups excluding carboxylic acids is 2. The average molecular weight is 707 g/mol. The van der Waals surface area contributed by atoms with Gasteiger partial charge in [-0.05, 0) is 87.9 Å². The first-order valence-electron chi connectivity index (χ1n) is 17.5. The molecule has 0 bridgehead atoms. The van der Waals surface area contributed by atoms with E-state index in [1.807, 2.05) is 59.0 Å². The van der Waals surface area contributed by atoms with E-state index < -0.39 is 40.1 Å². The van der Waals surface area contributed by atoms with Crippen molar-refractivity contribution in [2.75, 3.05) is 64.0 Å². The third-order valence-corrected chi connectivity index (χ3v) is 11.3. The number of esters is 1. The first-order valence-corrected chi connectivity index (χ1v) is 19.4. The first kappa shape index (κ1) is 38.8. The molecule has 2 saturated heterocycles. The predicted octanol–water partition coefficient (Wildman–Crippen LogP) is 4.52. The molecule has 3 heterocycles. The van der Waals surface area contributed by atoms with E-state index in [1.54, 1.807) is 4.90 Å². The molecule has 3 aliphatic heterocycles. The van der Waals surface area contributed by atoms with Gasteiger partial charge in [0.05, 0.1) is 18.8 Å². The highest BCUT2D eigenvalue weighted by Crippen LogP contribution is 2.29. The van der Waals surface area contributed by atoms with Gasteiger partial charge in [0, 0.05) is 63.5 Å². The van der Waals surface area contributed by atoms with Crippen LogP contribution in [0.15, 0.2) is 35.9 Å². The molecule has 0 aromatic heterocycles. The zero-order valence-electron chi connectivity index (χ0n) is 29.9. The molecule has 0 aliphatic carbocycles. The van der Waals surface area contributed by atoms with Gasteiger partial charge in [0.15, 0.2) is 0 Å². The minimum Gasteiger partial charge on any atom is -0.457 e. The molecule has 1 N–H and O–H groups in total. The monoisotopic (exact) mass is 706 g/mol. The molecular weight excluding hydrogens is 651 g/mol. The number of aliphatic hydroxyl groups excluding tert-OH is 1. The second-order valence-electron chi connectivity index (χ2n) is 14.0. The number of amides is 1. The Balaban J connectivity index is 1.56. The zero-order chi connectivity index (χ0) is 35.9. The molecular formula is C36H55FN4O7S. The lowest BCUT2D eigenvalue weighted by atomic mass is 9.91. The molecule has 13 heteroatoms. The number of rotatable bonds is 7. The summed E-state index contributed by atoms with van der Waals surface area (Å²) in [7, 11) is -1.24. The lowest BCUT2D eigenvalue weighted by molar-refractivity contribution is -0.151. The predicted molar refractivity (Wildman–Crippen MR) is 189 cm³/mol. The number of nitrogens with zero attached hydrogens (tertiary/aromatic N) is 4. The van der Waals surface area contributed by atoms with E-state index in [-0.39, 0.29) is 30.4 Å². The lowest BCUT2D eigenvalue weighted by Gasteiger charge is -2.38. The van der Waals surface area contributed by atoms with Gasteiger partial charge in [0.1, 0.15) is 18.0 Å². The number of carbonyl (C=O) groups is 2. The molecule has 2 fully saturated rings. The van der Waals surface area contributed by atoms with Crippen LogP contribution in [0.5, 0.6) is 0 Å². The van der Waals surface area contributed by atoms with Gasteiger partial charge in [-0.2, -0.15) is 0 Å². The van der Waals surface area contributed by atoms with Gasteiger partial charge >= 0.3 is 12.1 Å². The fraction of sp³-hybridized carbons (Fsp3) is 0.667.